The first-order valence-electron chi connectivity index (χ1n) is 8.50. The van der Waals surface area contributed by atoms with Crippen LogP contribution in [0.1, 0.15) is 57.8 Å². The number of hydrogen-bond acceptors (Lipinski definition) is 3. The van der Waals surface area contributed by atoms with Crippen molar-refractivity contribution in [3.63, 3.8) is 0 Å². The SMILES string of the molecule is CC1(C(=O)NCC(O)c2ccc(C(C)(C)C)cc2)CCCNC1.Cl. The smallest absolute Gasteiger partial charge is 0.227 e. The number of amides is 1. The molecule has 0 radical (unpaired) electrons. The molecule has 1 amide bonds. The van der Waals surface area contributed by atoms with Crippen molar-refractivity contribution in [3.8, 4) is 0 Å². The van der Waals surface area contributed by atoms with Gasteiger partial charge in [0, 0.05) is 13.1 Å². The topological polar surface area (TPSA) is 61.4 Å². The van der Waals surface area contributed by atoms with Crippen molar-refractivity contribution in [2.75, 3.05) is 19.6 Å². The van der Waals surface area contributed by atoms with Crippen molar-refractivity contribution in [3.05, 3.63) is 35.4 Å². The Kier molecular flexibility index (Phi) is 7.26. The number of piperidine rings is 1. The standard InChI is InChI=1S/C19H30N2O2.ClH/c1-18(2,3)15-8-6-14(7-9-15)16(22)12-21-17(23)19(4)10-5-11-20-13-19;/h6-9,16,20,22H,5,10-13H2,1-4H3,(H,21,23);1H. The lowest BCUT2D eigenvalue weighted by molar-refractivity contribution is -0.131. The summed E-state index contributed by atoms with van der Waals surface area (Å²) in [4.78, 5) is 12.4. The van der Waals surface area contributed by atoms with E-state index in [0.717, 1.165) is 24.9 Å². The van der Waals surface area contributed by atoms with Gasteiger partial charge in [-0.1, -0.05) is 45.0 Å². The van der Waals surface area contributed by atoms with Crippen LogP contribution in [0.2, 0.25) is 0 Å². The van der Waals surface area contributed by atoms with Gasteiger partial charge in [0.15, 0.2) is 0 Å². The Morgan fingerprint density at radius 3 is 2.46 bits per heavy atom. The highest BCUT2D eigenvalue weighted by molar-refractivity contribution is 5.85. The molecule has 4 nitrogen and oxygen atoms in total. The molecule has 1 aromatic rings. The summed E-state index contributed by atoms with van der Waals surface area (Å²) >= 11 is 0. The molecule has 1 aromatic carbocycles. The van der Waals surface area contributed by atoms with Gasteiger partial charge >= 0.3 is 0 Å². The lowest BCUT2D eigenvalue weighted by Crippen LogP contribution is -2.49. The van der Waals surface area contributed by atoms with Crippen molar-refractivity contribution < 1.29 is 9.90 Å². The number of halogens is 1. The van der Waals surface area contributed by atoms with Crippen molar-refractivity contribution >= 4 is 18.3 Å². The molecule has 0 aromatic heterocycles. The number of rotatable bonds is 4. The zero-order valence-corrected chi connectivity index (χ0v) is 16.0. The molecular formula is C19H31ClN2O2. The minimum atomic E-state index is -0.673. The highest BCUT2D eigenvalue weighted by atomic mass is 35.5. The maximum absolute atomic E-state index is 12.4. The third kappa shape index (κ3) is 5.20. The van der Waals surface area contributed by atoms with Crippen LogP contribution in [0.5, 0.6) is 0 Å². The molecule has 1 fully saturated rings. The predicted octanol–water partition coefficient (Wildman–Crippen LogP) is 2.95. The summed E-state index contributed by atoms with van der Waals surface area (Å²) in [6.07, 6.45) is 1.23. The minimum absolute atomic E-state index is 0. The fourth-order valence-corrected chi connectivity index (χ4v) is 2.98. The van der Waals surface area contributed by atoms with E-state index in [4.69, 9.17) is 0 Å². The molecule has 0 aliphatic carbocycles. The van der Waals surface area contributed by atoms with Gasteiger partial charge in [-0.2, -0.15) is 0 Å². The Balaban J connectivity index is 0.00000288. The Hall–Kier alpha value is -1.10. The predicted molar refractivity (Wildman–Crippen MR) is 101 cm³/mol. The maximum atomic E-state index is 12.4. The number of nitrogens with one attached hydrogen (secondary N) is 2. The molecule has 0 saturated carbocycles. The zero-order valence-electron chi connectivity index (χ0n) is 15.2. The monoisotopic (exact) mass is 354 g/mol. The van der Waals surface area contributed by atoms with Crippen LogP contribution in [0, 0.1) is 5.41 Å². The van der Waals surface area contributed by atoms with Crippen LogP contribution in [0.3, 0.4) is 0 Å². The normalized spacial score (nSPS) is 22.4. The number of hydrogen-bond donors (Lipinski definition) is 3. The first-order chi connectivity index (χ1) is 10.7. The van der Waals surface area contributed by atoms with Gasteiger partial charge in [0.1, 0.15) is 0 Å². The second-order valence-corrected chi connectivity index (χ2v) is 7.94. The molecular weight excluding hydrogens is 324 g/mol. The zero-order chi connectivity index (χ0) is 17.1. The number of aliphatic hydroxyl groups excluding tert-OH is 1. The molecule has 1 heterocycles. The van der Waals surface area contributed by atoms with E-state index in [1.807, 2.05) is 31.2 Å². The van der Waals surface area contributed by atoms with Gasteiger partial charge in [0.05, 0.1) is 11.5 Å². The van der Waals surface area contributed by atoms with Crippen LogP contribution in [0.4, 0.5) is 0 Å². The van der Waals surface area contributed by atoms with Crippen molar-refractivity contribution in [1.82, 2.24) is 10.6 Å². The van der Waals surface area contributed by atoms with E-state index in [1.54, 1.807) is 0 Å². The van der Waals surface area contributed by atoms with Gasteiger partial charge in [-0.15, -0.1) is 12.4 Å². The summed E-state index contributed by atoms with van der Waals surface area (Å²) in [5.74, 6) is 0.0232. The Morgan fingerprint density at radius 2 is 1.96 bits per heavy atom. The van der Waals surface area contributed by atoms with E-state index in [-0.39, 0.29) is 35.7 Å². The van der Waals surface area contributed by atoms with Gasteiger partial charge in [-0.3, -0.25) is 4.79 Å². The molecule has 136 valence electrons. The Morgan fingerprint density at radius 1 is 1.33 bits per heavy atom. The molecule has 0 spiro atoms. The minimum Gasteiger partial charge on any atom is -0.387 e. The first kappa shape index (κ1) is 20.9. The second kappa shape index (κ2) is 8.32. The first-order valence-corrected chi connectivity index (χ1v) is 8.50. The third-order valence-electron chi connectivity index (χ3n) is 4.76. The Bertz CT molecular complexity index is 531. The van der Waals surface area contributed by atoms with Crippen LogP contribution in [0.15, 0.2) is 24.3 Å². The van der Waals surface area contributed by atoms with Crippen LogP contribution >= 0.6 is 12.4 Å². The van der Waals surface area contributed by atoms with Crippen molar-refractivity contribution in [2.45, 2.75) is 52.1 Å². The van der Waals surface area contributed by atoms with E-state index in [0.29, 0.717) is 6.54 Å². The van der Waals surface area contributed by atoms with Gasteiger partial charge in [0.2, 0.25) is 5.91 Å². The largest absolute Gasteiger partial charge is 0.387 e. The number of carbonyl (C=O) groups is 1. The summed E-state index contributed by atoms with van der Waals surface area (Å²) in [5.41, 5.74) is 1.80. The molecule has 1 aliphatic heterocycles. The van der Waals surface area contributed by atoms with Gasteiger partial charge in [-0.05, 0) is 42.9 Å². The maximum Gasteiger partial charge on any atom is 0.227 e. The van der Waals surface area contributed by atoms with E-state index in [1.165, 1.54) is 5.56 Å². The molecule has 1 saturated heterocycles. The van der Waals surface area contributed by atoms with Gasteiger partial charge < -0.3 is 15.7 Å². The number of carbonyl (C=O) groups excluding carboxylic acids is 1. The average molecular weight is 355 g/mol. The molecule has 0 bridgehead atoms. The van der Waals surface area contributed by atoms with E-state index >= 15 is 0 Å². The summed E-state index contributed by atoms with van der Waals surface area (Å²) in [5, 5.41) is 16.5. The summed E-state index contributed by atoms with van der Waals surface area (Å²) in [6, 6.07) is 7.99. The van der Waals surface area contributed by atoms with Crippen molar-refractivity contribution in [1.29, 1.82) is 0 Å². The fourth-order valence-electron chi connectivity index (χ4n) is 2.98. The summed E-state index contributed by atoms with van der Waals surface area (Å²) < 4.78 is 0. The van der Waals surface area contributed by atoms with Crippen LogP contribution in [-0.2, 0) is 10.2 Å². The molecule has 1 aliphatic rings. The fraction of sp³-hybridized carbons (Fsp3) is 0.632. The summed E-state index contributed by atoms with van der Waals surface area (Å²) in [7, 11) is 0. The van der Waals surface area contributed by atoms with E-state index in [9.17, 15) is 9.90 Å². The highest BCUT2D eigenvalue weighted by Gasteiger charge is 2.34. The van der Waals surface area contributed by atoms with Crippen LogP contribution in [0.25, 0.3) is 0 Å². The lowest BCUT2D eigenvalue weighted by Gasteiger charge is -2.33. The van der Waals surface area contributed by atoms with Crippen LogP contribution in [-0.4, -0.2) is 30.6 Å². The van der Waals surface area contributed by atoms with E-state index in [2.05, 4.69) is 31.4 Å². The van der Waals surface area contributed by atoms with Crippen LogP contribution < -0.4 is 10.6 Å². The summed E-state index contributed by atoms with van der Waals surface area (Å²) in [6.45, 7) is 10.4. The quantitative estimate of drug-likeness (QED) is 0.779. The Labute approximate surface area is 151 Å². The molecule has 2 unspecified atom stereocenters. The lowest BCUT2D eigenvalue weighted by atomic mass is 9.82. The molecule has 3 N–H and O–H groups in total. The average Bonchev–Trinajstić information content (AvgIpc) is 2.52. The molecule has 24 heavy (non-hydrogen) atoms. The number of benzene rings is 1. The van der Waals surface area contributed by atoms with Gasteiger partial charge in [-0.25, -0.2) is 0 Å². The van der Waals surface area contributed by atoms with Crippen molar-refractivity contribution in [2.24, 2.45) is 5.41 Å². The molecule has 2 atom stereocenters. The highest BCUT2D eigenvalue weighted by Crippen LogP contribution is 2.26. The third-order valence-corrected chi connectivity index (χ3v) is 4.76. The van der Waals surface area contributed by atoms with Gasteiger partial charge in [0.25, 0.3) is 0 Å². The van der Waals surface area contributed by atoms with E-state index < -0.39 is 6.10 Å². The molecule has 2 rings (SSSR count). The second-order valence-electron chi connectivity index (χ2n) is 7.94. The number of aliphatic hydroxyl groups is 1. The molecule has 5 heteroatoms.